The summed E-state index contributed by atoms with van der Waals surface area (Å²) in [5, 5.41) is 0. The standard InChI is InChI=1S/C16H26O2/c1-15-13-11-9-7-5-3-2-4-6-8-10-12-14-16(17)18-15/h8,10,12,14-15H,2-7,9,11,13H2,1H3/b10-8-,14-12-. The maximum absolute atomic E-state index is 11.4. The number of cyclic esters (lactones) is 1. The van der Waals surface area contributed by atoms with Gasteiger partial charge in [0.15, 0.2) is 0 Å². The quantitative estimate of drug-likeness (QED) is 0.589. The van der Waals surface area contributed by atoms with Crippen molar-refractivity contribution >= 4 is 5.97 Å². The molecular formula is C16H26O2. The summed E-state index contributed by atoms with van der Waals surface area (Å²) < 4.78 is 5.29. The number of ether oxygens (including phenoxy) is 1. The minimum absolute atomic E-state index is 0.0408. The largest absolute Gasteiger partial charge is 0.460 e. The van der Waals surface area contributed by atoms with Crippen molar-refractivity contribution in [3.05, 3.63) is 24.3 Å². The average Bonchev–Trinajstić information content (AvgIpc) is 2.33. The summed E-state index contributed by atoms with van der Waals surface area (Å²) in [6.45, 7) is 1.98. The van der Waals surface area contributed by atoms with Crippen LogP contribution in [0.15, 0.2) is 24.3 Å². The Hall–Kier alpha value is -1.05. The number of hydrogen-bond acceptors (Lipinski definition) is 2. The normalized spacial score (nSPS) is 28.3. The topological polar surface area (TPSA) is 26.3 Å². The van der Waals surface area contributed by atoms with Crippen molar-refractivity contribution in [1.82, 2.24) is 0 Å². The molecule has 1 rings (SSSR count). The highest BCUT2D eigenvalue weighted by Crippen LogP contribution is 2.12. The molecule has 0 aromatic rings. The molecule has 0 saturated heterocycles. The lowest BCUT2D eigenvalue weighted by molar-refractivity contribution is -0.142. The van der Waals surface area contributed by atoms with Gasteiger partial charge in [-0.1, -0.05) is 50.3 Å². The van der Waals surface area contributed by atoms with Crippen molar-refractivity contribution in [2.75, 3.05) is 0 Å². The lowest BCUT2D eigenvalue weighted by Crippen LogP contribution is -2.12. The van der Waals surface area contributed by atoms with Crippen molar-refractivity contribution < 1.29 is 9.53 Å². The Labute approximate surface area is 111 Å². The second kappa shape index (κ2) is 9.93. The Morgan fingerprint density at radius 1 is 1.00 bits per heavy atom. The number of hydrogen-bond donors (Lipinski definition) is 0. The average molecular weight is 250 g/mol. The van der Waals surface area contributed by atoms with Gasteiger partial charge in [0.25, 0.3) is 0 Å². The van der Waals surface area contributed by atoms with Crippen LogP contribution in [0, 0.1) is 0 Å². The predicted molar refractivity (Wildman–Crippen MR) is 75.4 cm³/mol. The van der Waals surface area contributed by atoms with E-state index in [0.29, 0.717) is 0 Å². The van der Waals surface area contributed by atoms with Gasteiger partial charge in [-0.15, -0.1) is 0 Å². The molecule has 0 bridgehead atoms. The Bertz CT molecular complexity index is 279. The van der Waals surface area contributed by atoms with Crippen LogP contribution in [-0.4, -0.2) is 12.1 Å². The molecule has 18 heavy (non-hydrogen) atoms. The van der Waals surface area contributed by atoms with Gasteiger partial charge >= 0.3 is 5.97 Å². The highest BCUT2D eigenvalue weighted by atomic mass is 16.5. The van der Waals surface area contributed by atoms with Crippen molar-refractivity contribution in [2.24, 2.45) is 0 Å². The third-order valence-corrected chi connectivity index (χ3v) is 3.28. The van der Waals surface area contributed by atoms with Gasteiger partial charge in [-0.25, -0.2) is 4.79 Å². The summed E-state index contributed by atoms with van der Waals surface area (Å²) in [7, 11) is 0. The van der Waals surface area contributed by atoms with E-state index in [2.05, 4.69) is 6.08 Å². The minimum atomic E-state index is -0.223. The van der Waals surface area contributed by atoms with Crippen molar-refractivity contribution in [1.29, 1.82) is 0 Å². The summed E-state index contributed by atoms with van der Waals surface area (Å²) in [5.41, 5.74) is 0. The van der Waals surface area contributed by atoms with Crippen LogP contribution in [0.2, 0.25) is 0 Å². The van der Waals surface area contributed by atoms with Crippen LogP contribution in [-0.2, 0) is 9.53 Å². The molecule has 1 aliphatic rings. The SMILES string of the molecule is CC1CCCCCCCCC/C=C\C=C/C(=O)O1. The molecule has 0 aromatic heterocycles. The zero-order valence-electron chi connectivity index (χ0n) is 11.6. The van der Waals surface area contributed by atoms with Crippen LogP contribution in [0.1, 0.15) is 64.7 Å². The fourth-order valence-electron chi connectivity index (χ4n) is 2.18. The molecule has 0 radical (unpaired) electrons. The van der Waals surface area contributed by atoms with Crippen molar-refractivity contribution in [3.8, 4) is 0 Å². The summed E-state index contributed by atoms with van der Waals surface area (Å²) in [6.07, 6.45) is 18.5. The van der Waals surface area contributed by atoms with E-state index < -0.39 is 0 Å². The third-order valence-electron chi connectivity index (χ3n) is 3.28. The highest BCUT2D eigenvalue weighted by molar-refractivity contribution is 5.82. The summed E-state index contributed by atoms with van der Waals surface area (Å²) in [5.74, 6) is -0.223. The fourth-order valence-corrected chi connectivity index (χ4v) is 2.18. The first-order valence-corrected chi connectivity index (χ1v) is 7.33. The predicted octanol–water partition coefficient (Wildman–Crippen LogP) is 4.56. The minimum Gasteiger partial charge on any atom is -0.460 e. The maximum atomic E-state index is 11.4. The molecule has 0 aliphatic carbocycles. The molecule has 0 fully saturated rings. The van der Waals surface area contributed by atoms with Crippen LogP contribution in [0.4, 0.5) is 0 Å². The van der Waals surface area contributed by atoms with E-state index in [1.165, 1.54) is 44.6 Å². The number of rotatable bonds is 0. The smallest absolute Gasteiger partial charge is 0.331 e. The lowest BCUT2D eigenvalue weighted by atomic mass is 10.1. The molecule has 2 heteroatoms. The van der Waals surface area contributed by atoms with E-state index in [0.717, 1.165) is 19.3 Å². The maximum Gasteiger partial charge on any atom is 0.331 e. The lowest BCUT2D eigenvalue weighted by Gasteiger charge is -2.11. The number of carbonyl (C=O) groups is 1. The Kier molecular flexibility index (Phi) is 8.28. The van der Waals surface area contributed by atoms with Gasteiger partial charge in [0.1, 0.15) is 0 Å². The van der Waals surface area contributed by atoms with E-state index in [4.69, 9.17) is 4.74 Å². The van der Waals surface area contributed by atoms with Crippen LogP contribution in [0.25, 0.3) is 0 Å². The molecule has 0 aromatic carbocycles. The van der Waals surface area contributed by atoms with E-state index in [9.17, 15) is 4.79 Å². The molecule has 2 nitrogen and oxygen atoms in total. The van der Waals surface area contributed by atoms with E-state index >= 15 is 0 Å². The van der Waals surface area contributed by atoms with Gasteiger partial charge in [0.05, 0.1) is 6.10 Å². The number of carbonyl (C=O) groups excluding carboxylic acids is 1. The molecule has 102 valence electrons. The monoisotopic (exact) mass is 250 g/mol. The van der Waals surface area contributed by atoms with Crippen LogP contribution in [0.3, 0.4) is 0 Å². The van der Waals surface area contributed by atoms with Crippen molar-refractivity contribution in [3.63, 3.8) is 0 Å². The van der Waals surface area contributed by atoms with Crippen molar-refractivity contribution in [2.45, 2.75) is 70.8 Å². The van der Waals surface area contributed by atoms with Gasteiger partial charge in [0.2, 0.25) is 0 Å². The molecule has 0 spiro atoms. The first kappa shape index (κ1) is 15.0. The number of allylic oxidation sites excluding steroid dienone is 3. The fraction of sp³-hybridized carbons (Fsp3) is 0.688. The summed E-state index contributed by atoms with van der Waals surface area (Å²) in [6, 6.07) is 0. The zero-order valence-corrected chi connectivity index (χ0v) is 11.6. The van der Waals surface area contributed by atoms with E-state index in [1.807, 2.05) is 13.0 Å². The van der Waals surface area contributed by atoms with Gasteiger partial charge in [-0.05, 0) is 32.6 Å². The molecule has 1 unspecified atom stereocenters. The van der Waals surface area contributed by atoms with Gasteiger partial charge in [0, 0.05) is 6.08 Å². The van der Waals surface area contributed by atoms with Gasteiger partial charge in [-0.2, -0.15) is 0 Å². The molecule has 0 N–H and O–H groups in total. The van der Waals surface area contributed by atoms with Crippen LogP contribution >= 0.6 is 0 Å². The summed E-state index contributed by atoms with van der Waals surface area (Å²) >= 11 is 0. The highest BCUT2D eigenvalue weighted by Gasteiger charge is 2.06. The van der Waals surface area contributed by atoms with E-state index in [1.54, 1.807) is 6.08 Å². The molecule has 0 amide bonds. The zero-order chi connectivity index (χ0) is 13.1. The first-order chi connectivity index (χ1) is 8.79. The van der Waals surface area contributed by atoms with Crippen LogP contribution < -0.4 is 0 Å². The number of esters is 1. The van der Waals surface area contributed by atoms with Crippen LogP contribution in [0.5, 0.6) is 0 Å². The first-order valence-electron chi connectivity index (χ1n) is 7.33. The molecule has 0 saturated carbocycles. The Morgan fingerprint density at radius 2 is 1.67 bits per heavy atom. The second-order valence-electron chi connectivity index (χ2n) is 5.09. The third kappa shape index (κ3) is 8.10. The second-order valence-corrected chi connectivity index (χ2v) is 5.09. The van der Waals surface area contributed by atoms with E-state index in [-0.39, 0.29) is 12.1 Å². The summed E-state index contributed by atoms with van der Waals surface area (Å²) in [4.78, 5) is 11.4. The molecular weight excluding hydrogens is 224 g/mol. The molecule has 1 atom stereocenters. The molecule has 1 aliphatic heterocycles. The molecule has 1 heterocycles. The van der Waals surface area contributed by atoms with Gasteiger partial charge in [-0.3, -0.25) is 0 Å². The Balaban J connectivity index is 2.38. The Morgan fingerprint density at radius 3 is 2.44 bits per heavy atom. The van der Waals surface area contributed by atoms with Gasteiger partial charge < -0.3 is 4.74 Å².